The van der Waals surface area contributed by atoms with Gasteiger partial charge in [-0.1, -0.05) is 6.07 Å². The Hall–Kier alpha value is -3.75. The zero-order valence-electron chi connectivity index (χ0n) is 20.1. The molecule has 2 aromatic carbocycles. The van der Waals surface area contributed by atoms with Crippen LogP contribution in [0.5, 0.6) is 11.5 Å². The minimum absolute atomic E-state index is 0.00249. The lowest BCUT2D eigenvalue weighted by Gasteiger charge is -2.21. The molecule has 2 atom stereocenters. The van der Waals surface area contributed by atoms with E-state index < -0.39 is 64.0 Å². The van der Waals surface area contributed by atoms with Gasteiger partial charge in [0, 0.05) is 11.8 Å². The molecule has 0 unspecified atom stereocenters. The van der Waals surface area contributed by atoms with Crippen LogP contribution in [0.25, 0.3) is 0 Å². The van der Waals surface area contributed by atoms with E-state index in [1.54, 1.807) is 0 Å². The number of likely N-dealkylation sites (N-methyl/N-ethyl adjacent to an activating group) is 1. The zero-order chi connectivity index (χ0) is 28.4. The third kappa shape index (κ3) is 6.38. The molecule has 0 aliphatic carbocycles. The molecule has 3 rings (SSSR count). The number of pyridine rings is 1. The summed E-state index contributed by atoms with van der Waals surface area (Å²) < 4.78 is 87.6. The number of hydrogen-bond donors (Lipinski definition) is 2. The summed E-state index contributed by atoms with van der Waals surface area (Å²) in [5, 5.41) is 2.25. The van der Waals surface area contributed by atoms with Gasteiger partial charge >= 0.3 is 6.18 Å². The largest absolute Gasteiger partial charge is 0.588 e. The number of hydrogen-bond acceptors (Lipinski definition) is 6. The molecule has 0 spiro atoms. The van der Waals surface area contributed by atoms with Crippen molar-refractivity contribution in [3.8, 4) is 11.5 Å². The van der Waals surface area contributed by atoms with E-state index in [4.69, 9.17) is 10.5 Å². The third-order valence-electron chi connectivity index (χ3n) is 5.10. The van der Waals surface area contributed by atoms with Crippen LogP contribution in [0.1, 0.15) is 28.5 Å². The van der Waals surface area contributed by atoms with Crippen LogP contribution in [-0.2, 0) is 22.3 Å². The topological polar surface area (TPSA) is 121 Å². The molecule has 0 bridgehead atoms. The van der Waals surface area contributed by atoms with Gasteiger partial charge in [-0.2, -0.15) is 21.9 Å². The summed E-state index contributed by atoms with van der Waals surface area (Å²) in [4.78, 5) is 28.7. The molecular weight excluding hydrogens is 535 g/mol. The number of benzene rings is 2. The van der Waals surface area contributed by atoms with Crippen LogP contribution >= 0.6 is 0 Å². The molecule has 38 heavy (non-hydrogen) atoms. The Morgan fingerprint density at radius 3 is 2.39 bits per heavy atom. The van der Waals surface area contributed by atoms with Crippen LogP contribution in [0, 0.1) is 18.7 Å². The number of ether oxygens (including phenoxy) is 1. The Morgan fingerprint density at radius 1 is 1.13 bits per heavy atom. The van der Waals surface area contributed by atoms with Crippen LogP contribution in [0.2, 0.25) is 0 Å². The average molecular weight is 557 g/mol. The molecule has 3 aromatic rings. The highest BCUT2D eigenvalue weighted by Crippen LogP contribution is 2.38. The van der Waals surface area contributed by atoms with Gasteiger partial charge in [0.25, 0.3) is 11.8 Å². The van der Waals surface area contributed by atoms with Crippen molar-refractivity contribution in [2.75, 3.05) is 12.4 Å². The first-order chi connectivity index (χ1) is 17.7. The van der Waals surface area contributed by atoms with Gasteiger partial charge in [-0.15, -0.1) is 0 Å². The fourth-order valence-corrected chi connectivity index (χ4v) is 4.29. The van der Waals surface area contributed by atoms with Gasteiger partial charge in [0.05, 0.1) is 24.3 Å². The Morgan fingerprint density at radius 2 is 1.79 bits per heavy atom. The Labute approximate surface area is 216 Å². The van der Waals surface area contributed by atoms with Gasteiger partial charge in [0.15, 0.2) is 10.7 Å². The van der Waals surface area contributed by atoms with Gasteiger partial charge in [-0.25, -0.2) is 9.37 Å². The summed E-state index contributed by atoms with van der Waals surface area (Å²) in [5.41, 5.74) is 2.66. The molecule has 0 fully saturated rings. The number of amides is 2. The lowest BCUT2D eigenvalue weighted by atomic mass is 10.1. The normalized spacial score (nSPS) is 13.0. The number of halogens is 5. The number of carbonyl (C=O) groups is 2. The molecule has 202 valence electrons. The molecular formula is C24H21F5N4O4S. The fourth-order valence-electron chi connectivity index (χ4n) is 3.22. The highest BCUT2D eigenvalue weighted by molar-refractivity contribution is 7.89. The molecule has 1 aromatic heterocycles. The maximum absolute atomic E-state index is 15.1. The molecule has 8 nitrogen and oxygen atoms in total. The first kappa shape index (κ1) is 28.8. The van der Waals surface area contributed by atoms with Crippen molar-refractivity contribution in [3.05, 3.63) is 77.1 Å². The number of anilines is 1. The number of alkyl halides is 3. The van der Waals surface area contributed by atoms with Crippen molar-refractivity contribution in [3.63, 3.8) is 0 Å². The van der Waals surface area contributed by atoms with E-state index >= 15 is 4.39 Å². The molecule has 1 heterocycles. The quantitative estimate of drug-likeness (QED) is 0.250. The summed E-state index contributed by atoms with van der Waals surface area (Å²) in [6, 6.07) is 7.50. The highest BCUT2D eigenvalue weighted by Gasteiger charge is 2.37. The predicted molar refractivity (Wildman–Crippen MR) is 128 cm³/mol. The molecule has 0 aliphatic heterocycles. The third-order valence-corrected chi connectivity index (χ3v) is 6.44. The Bertz CT molecular complexity index is 1370. The summed E-state index contributed by atoms with van der Waals surface area (Å²) in [6.45, 7) is 2.75. The summed E-state index contributed by atoms with van der Waals surface area (Å²) in [7, 11) is 1.25. The van der Waals surface area contributed by atoms with Crippen LogP contribution in [0.4, 0.5) is 27.6 Å². The molecule has 3 N–H and O–H groups in total. The van der Waals surface area contributed by atoms with Crippen molar-refractivity contribution < 1.29 is 40.8 Å². The van der Waals surface area contributed by atoms with Crippen molar-refractivity contribution in [1.29, 1.82) is 0 Å². The number of aromatic nitrogens is 1. The Balaban J connectivity index is 1.99. The summed E-state index contributed by atoms with van der Waals surface area (Å²) >= 11 is -2.04. The first-order valence-corrected chi connectivity index (χ1v) is 11.9. The average Bonchev–Trinajstić information content (AvgIpc) is 2.83. The second-order valence-corrected chi connectivity index (χ2v) is 9.49. The summed E-state index contributed by atoms with van der Waals surface area (Å²) in [6.07, 6.45) is -5.13. The zero-order valence-corrected chi connectivity index (χ0v) is 20.9. The maximum atomic E-state index is 15.1. The molecule has 0 saturated carbocycles. The number of nitrogens with one attached hydrogen (secondary N) is 1. The van der Waals surface area contributed by atoms with Gasteiger partial charge in [-0.05, 0) is 50.2 Å². The molecule has 0 aliphatic rings. The van der Waals surface area contributed by atoms with E-state index in [9.17, 15) is 31.7 Å². The molecule has 0 saturated heterocycles. The molecule has 0 radical (unpaired) electrons. The van der Waals surface area contributed by atoms with E-state index in [0.29, 0.717) is 6.07 Å². The van der Waals surface area contributed by atoms with E-state index in [1.807, 2.05) is 0 Å². The summed E-state index contributed by atoms with van der Waals surface area (Å²) in [5.74, 6) is -5.42. The van der Waals surface area contributed by atoms with Gasteiger partial charge in [0.1, 0.15) is 28.4 Å². The lowest BCUT2D eigenvalue weighted by Crippen LogP contribution is -2.42. The van der Waals surface area contributed by atoms with Crippen LogP contribution in [0.3, 0.4) is 0 Å². The first-order valence-electron chi connectivity index (χ1n) is 10.8. The monoisotopic (exact) mass is 556 g/mol. The number of nitrogens with zero attached hydrogens (tertiary/aromatic N) is 2. The number of rotatable bonds is 7. The van der Waals surface area contributed by atoms with Crippen molar-refractivity contribution in [2.45, 2.75) is 31.0 Å². The molecule has 14 heteroatoms. The predicted octanol–water partition coefficient (Wildman–Crippen LogP) is 4.56. The SMILES string of the molecule is Cc1nc(F)ccc1Oc1ccc(C(F)(F)F)c(F)c1C(=O)Nc1cccc([S@@+]([O-])N(C)C(=O)[C@@H](C)N)c1. The van der Waals surface area contributed by atoms with Crippen molar-refractivity contribution in [2.24, 2.45) is 5.73 Å². The van der Waals surface area contributed by atoms with Gasteiger partial charge in [-0.3, -0.25) is 9.59 Å². The van der Waals surface area contributed by atoms with Crippen molar-refractivity contribution >= 4 is 28.9 Å². The minimum Gasteiger partial charge on any atom is -0.588 e. The van der Waals surface area contributed by atoms with Crippen LogP contribution < -0.4 is 15.8 Å². The number of aryl methyl sites for hydroxylation is 1. The fraction of sp³-hybridized carbons (Fsp3) is 0.208. The van der Waals surface area contributed by atoms with Crippen molar-refractivity contribution in [1.82, 2.24) is 9.29 Å². The van der Waals surface area contributed by atoms with Crippen LogP contribution in [0.15, 0.2) is 53.4 Å². The van der Waals surface area contributed by atoms with E-state index in [2.05, 4.69) is 10.3 Å². The van der Waals surface area contributed by atoms with E-state index in [0.717, 1.165) is 22.5 Å². The number of nitrogens with two attached hydrogens (primary N) is 1. The smallest absolute Gasteiger partial charge is 0.419 e. The second-order valence-electron chi connectivity index (χ2n) is 7.97. The maximum Gasteiger partial charge on any atom is 0.419 e. The van der Waals surface area contributed by atoms with Gasteiger partial charge in [0.2, 0.25) is 5.95 Å². The minimum atomic E-state index is -5.13. The van der Waals surface area contributed by atoms with Crippen LogP contribution in [-0.4, -0.2) is 38.7 Å². The van der Waals surface area contributed by atoms with Gasteiger partial charge < -0.3 is 20.3 Å². The Kier molecular flexibility index (Phi) is 8.59. The van der Waals surface area contributed by atoms with E-state index in [1.165, 1.54) is 45.2 Å². The lowest BCUT2D eigenvalue weighted by molar-refractivity contribution is -0.140. The molecule has 2 amide bonds. The highest BCUT2D eigenvalue weighted by atomic mass is 32.2. The van der Waals surface area contributed by atoms with E-state index in [-0.39, 0.29) is 22.0 Å². The second kappa shape index (κ2) is 11.3. The number of carbonyl (C=O) groups excluding carboxylic acids is 2. The standard InChI is InChI=1S/C24H21F5N4O4S/c1-12(30)23(35)33(3)38(36)15-6-4-5-14(11-15)32-22(34)20-18(8-7-16(21(20)26)24(27,28)29)37-17-9-10-19(25)31-13(17)2/h4-12H,30H2,1-3H3,(H,32,34)/t12-,38-/m1/s1.